The number of aryl methyl sites for hydroxylation is 1. The maximum Gasteiger partial charge on any atom is 0.251 e. The fourth-order valence-corrected chi connectivity index (χ4v) is 3.66. The lowest BCUT2D eigenvalue weighted by atomic mass is 10.1. The normalized spacial score (nSPS) is 16.9. The molecule has 0 unspecified atom stereocenters. The Morgan fingerprint density at radius 3 is 2.70 bits per heavy atom. The summed E-state index contributed by atoms with van der Waals surface area (Å²) in [6, 6.07) is 3.62. The smallest absolute Gasteiger partial charge is 0.251 e. The minimum atomic E-state index is -0.00711. The van der Waals surface area contributed by atoms with E-state index in [4.69, 9.17) is 0 Å². The van der Waals surface area contributed by atoms with Crippen LogP contribution in [-0.4, -0.2) is 35.5 Å². The van der Waals surface area contributed by atoms with Crippen molar-refractivity contribution in [2.75, 3.05) is 25.2 Å². The minimum Gasteiger partial charge on any atom is -0.373 e. The van der Waals surface area contributed by atoms with Crippen LogP contribution in [0.4, 0.5) is 5.82 Å². The topological polar surface area (TPSA) is 54.0 Å². The fourth-order valence-electron chi connectivity index (χ4n) is 2.74. The highest BCUT2D eigenvalue weighted by Gasteiger charge is 2.33. The molecule has 0 bridgehead atoms. The highest BCUT2D eigenvalue weighted by Crippen LogP contribution is 2.39. The summed E-state index contributed by atoms with van der Waals surface area (Å²) >= 11 is 1.89. The third-order valence-corrected chi connectivity index (χ3v) is 5.41. The van der Waals surface area contributed by atoms with E-state index in [0.29, 0.717) is 5.56 Å². The number of carbonyl (C=O) groups excluding carboxylic acids is 1. The molecule has 0 spiro atoms. The molecule has 1 aromatic heterocycles. The lowest BCUT2D eigenvalue weighted by Gasteiger charge is -2.26. The van der Waals surface area contributed by atoms with Crippen LogP contribution < -0.4 is 10.6 Å². The van der Waals surface area contributed by atoms with Crippen molar-refractivity contribution in [3.63, 3.8) is 0 Å². The van der Waals surface area contributed by atoms with E-state index in [-0.39, 0.29) is 10.7 Å². The predicted molar refractivity (Wildman–Crippen MR) is 85.6 cm³/mol. The van der Waals surface area contributed by atoms with Crippen LogP contribution in [0.15, 0.2) is 12.1 Å². The molecule has 2 rings (SSSR count). The van der Waals surface area contributed by atoms with Crippen molar-refractivity contribution in [3.8, 4) is 0 Å². The summed E-state index contributed by atoms with van der Waals surface area (Å²) in [6.07, 6.45) is 7.09. The Hall–Kier alpha value is -1.23. The quantitative estimate of drug-likeness (QED) is 0.876. The molecule has 1 amide bonds. The van der Waals surface area contributed by atoms with Gasteiger partial charge in [-0.3, -0.25) is 4.79 Å². The molecule has 1 heterocycles. The van der Waals surface area contributed by atoms with Crippen LogP contribution in [0.2, 0.25) is 0 Å². The number of carbonyl (C=O) groups is 1. The number of rotatable bonds is 5. The summed E-state index contributed by atoms with van der Waals surface area (Å²) in [7, 11) is 1.81. The minimum absolute atomic E-state index is 0.00711. The molecule has 0 aromatic carbocycles. The number of pyridine rings is 1. The second-order valence-corrected chi connectivity index (χ2v) is 6.68. The molecule has 2 N–H and O–H groups in total. The van der Waals surface area contributed by atoms with Crippen molar-refractivity contribution in [2.45, 2.75) is 37.4 Å². The summed E-state index contributed by atoms with van der Waals surface area (Å²) in [5, 5.41) is 6.08. The monoisotopic (exact) mass is 293 g/mol. The fraction of sp³-hybridized carbons (Fsp3) is 0.600. The third-order valence-electron chi connectivity index (χ3n) is 3.99. The standard InChI is InChI=1S/C15H23N3OS/c1-11-8-12(9-13(16-2)18-11)14(19)17-10-15(20-3)6-4-5-7-15/h8-9H,4-7,10H2,1-3H3,(H,16,18)(H,17,19). The van der Waals surface area contributed by atoms with E-state index >= 15 is 0 Å². The van der Waals surface area contributed by atoms with Crippen LogP contribution in [0, 0.1) is 6.92 Å². The van der Waals surface area contributed by atoms with Crippen LogP contribution in [-0.2, 0) is 0 Å². The zero-order valence-corrected chi connectivity index (χ0v) is 13.3. The lowest BCUT2D eigenvalue weighted by Crippen LogP contribution is -2.38. The van der Waals surface area contributed by atoms with E-state index < -0.39 is 0 Å². The number of nitrogens with zero attached hydrogens (tertiary/aromatic N) is 1. The van der Waals surface area contributed by atoms with Gasteiger partial charge < -0.3 is 10.6 Å². The van der Waals surface area contributed by atoms with Gasteiger partial charge in [0.1, 0.15) is 5.82 Å². The number of nitrogens with one attached hydrogen (secondary N) is 2. The van der Waals surface area contributed by atoms with Crippen molar-refractivity contribution in [2.24, 2.45) is 0 Å². The van der Waals surface area contributed by atoms with Gasteiger partial charge in [-0.05, 0) is 38.2 Å². The van der Waals surface area contributed by atoms with Crippen molar-refractivity contribution < 1.29 is 4.79 Å². The predicted octanol–water partition coefficient (Wildman–Crippen LogP) is 2.84. The van der Waals surface area contributed by atoms with Crippen LogP contribution in [0.1, 0.15) is 41.7 Å². The number of anilines is 1. The maximum absolute atomic E-state index is 12.3. The van der Waals surface area contributed by atoms with E-state index in [1.165, 1.54) is 25.7 Å². The zero-order valence-electron chi connectivity index (χ0n) is 12.5. The first kappa shape index (κ1) is 15.2. The summed E-state index contributed by atoms with van der Waals surface area (Å²) in [4.78, 5) is 16.6. The van der Waals surface area contributed by atoms with Gasteiger partial charge in [0.2, 0.25) is 0 Å². The number of thioether (sulfide) groups is 1. The Morgan fingerprint density at radius 1 is 1.40 bits per heavy atom. The number of aromatic nitrogens is 1. The Bertz CT molecular complexity index is 484. The third kappa shape index (κ3) is 3.45. The highest BCUT2D eigenvalue weighted by molar-refractivity contribution is 8.00. The van der Waals surface area contributed by atoms with Crippen molar-refractivity contribution in [3.05, 3.63) is 23.4 Å². The van der Waals surface area contributed by atoms with E-state index in [1.54, 1.807) is 6.07 Å². The summed E-state index contributed by atoms with van der Waals surface area (Å²) in [5.74, 6) is 0.725. The molecule has 0 radical (unpaired) electrons. The van der Waals surface area contributed by atoms with Gasteiger partial charge in [0.05, 0.1) is 0 Å². The van der Waals surface area contributed by atoms with Crippen molar-refractivity contribution >= 4 is 23.5 Å². The molecule has 1 aliphatic carbocycles. The Kier molecular flexibility index (Phi) is 4.91. The van der Waals surface area contributed by atoms with Crippen molar-refractivity contribution in [1.82, 2.24) is 10.3 Å². The van der Waals surface area contributed by atoms with Gasteiger partial charge >= 0.3 is 0 Å². The van der Waals surface area contributed by atoms with E-state index in [0.717, 1.165) is 18.1 Å². The van der Waals surface area contributed by atoms with Crippen LogP contribution in [0.25, 0.3) is 0 Å². The largest absolute Gasteiger partial charge is 0.373 e. The van der Waals surface area contributed by atoms with Crippen LogP contribution in [0.3, 0.4) is 0 Å². The lowest BCUT2D eigenvalue weighted by molar-refractivity contribution is 0.0949. The number of amides is 1. The Morgan fingerprint density at radius 2 is 2.10 bits per heavy atom. The molecule has 1 aliphatic rings. The molecule has 1 saturated carbocycles. The molecular formula is C15H23N3OS. The van der Waals surface area contributed by atoms with Gasteiger partial charge in [-0.15, -0.1) is 0 Å². The Labute approximate surface area is 125 Å². The van der Waals surface area contributed by atoms with Gasteiger partial charge in [-0.25, -0.2) is 4.98 Å². The van der Waals surface area contributed by atoms with Crippen LogP contribution >= 0.6 is 11.8 Å². The molecule has 1 aromatic rings. The van der Waals surface area contributed by atoms with Gasteiger partial charge in [0.15, 0.2) is 0 Å². The van der Waals surface area contributed by atoms with Gasteiger partial charge in [-0.1, -0.05) is 12.8 Å². The summed E-state index contributed by atoms with van der Waals surface area (Å²) in [6.45, 7) is 2.65. The first-order valence-corrected chi connectivity index (χ1v) is 8.31. The number of hydrogen-bond acceptors (Lipinski definition) is 4. The second-order valence-electron chi connectivity index (χ2n) is 5.41. The molecular weight excluding hydrogens is 270 g/mol. The number of hydrogen-bond donors (Lipinski definition) is 2. The van der Waals surface area contributed by atoms with Gasteiger partial charge in [0.25, 0.3) is 5.91 Å². The van der Waals surface area contributed by atoms with E-state index in [2.05, 4.69) is 21.9 Å². The highest BCUT2D eigenvalue weighted by atomic mass is 32.2. The molecule has 110 valence electrons. The van der Waals surface area contributed by atoms with Crippen molar-refractivity contribution in [1.29, 1.82) is 0 Å². The maximum atomic E-state index is 12.3. The molecule has 4 nitrogen and oxygen atoms in total. The average Bonchev–Trinajstić information content (AvgIpc) is 2.93. The van der Waals surface area contributed by atoms with E-state index in [1.807, 2.05) is 31.8 Å². The van der Waals surface area contributed by atoms with E-state index in [9.17, 15) is 4.79 Å². The SMILES string of the molecule is CNc1cc(C(=O)NCC2(SC)CCCC2)cc(C)n1. The molecule has 1 fully saturated rings. The molecule has 5 heteroatoms. The van der Waals surface area contributed by atoms with Gasteiger partial charge in [-0.2, -0.15) is 11.8 Å². The molecule has 0 atom stereocenters. The average molecular weight is 293 g/mol. The first-order valence-electron chi connectivity index (χ1n) is 7.08. The van der Waals surface area contributed by atoms with Gasteiger partial charge in [0, 0.05) is 29.6 Å². The zero-order chi connectivity index (χ0) is 14.6. The summed E-state index contributed by atoms with van der Waals surface area (Å²) < 4.78 is 0.240. The first-order chi connectivity index (χ1) is 9.58. The van der Waals surface area contributed by atoms with Crippen LogP contribution in [0.5, 0.6) is 0 Å². The second kappa shape index (κ2) is 6.48. The molecule has 0 saturated heterocycles. The summed E-state index contributed by atoms with van der Waals surface area (Å²) in [5.41, 5.74) is 1.53. The Balaban J connectivity index is 2.03. The molecule has 0 aliphatic heterocycles. The molecule has 20 heavy (non-hydrogen) atoms.